The number of esters is 1. The molecule has 0 saturated carbocycles. The first-order valence-electron chi connectivity index (χ1n) is 10.6. The van der Waals surface area contributed by atoms with Crippen LogP contribution in [0.15, 0.2) is 66.1 Å². The third kappa shape index (κ3) is 5.11. The van der Waals surface area contributed by atoms with Gasteiger partial charge in [-0.25, -0.2) is 4.79 Å². The topological polar surface area (TPSA) is 160 Å². The van der Waals surface area contributed by atoms with Crippen LogP contribution in [0.3, 0.4) is 0 Å². The number of fused-ring (bicyclic) bond motifs is 1. The first-order chi connectivity index (χ1) is 17.3. The van der Waals surface area contributed by atoms with Gasteiger partial charge in [-0.3, -0.25) is 24.6 Å². The Balaban J connectivity index is 1.41. The summed E-state index contributed by atoms with van der Waals surface area (Å²) < 4.78 is 28.7. The number of para-hydroxylation sites is 1. The molecule has 1 N–H and O–H groups in total. The van der Waals surface area contributed by atoms with E-state index in [2.05, 4.69) is 5.32 Å². The Morgan fingerprint density at radius 3 is 2.50 bits per heavy atom. The number of amides is 2. The standard InChI is InChI=1S/C23H21N3O9S/c1-33-17-13-36(32)22-19(24-18(27)12-34-16-5-3-2-4-6-16)21(28)25(22)20(17)23(29)35-11-14-7-9-15(10-8-14)26(30)31/h2-10,19,22H,11-13H2,1H3,(H,24,27)/t19?,22-,36+/m0/s1. The molecule has 2 aromatic rings. The van der Waals surface area contributed by atoms with Gasteiger partial charge in [0.1, 0.15) is 12.4 Å². The molecule has 1 saturated heterocycles. The Bertz CT molecular complexity index is 1200. The van der Waals surface area contributed by atoms with Gasteiger partial charge in [0, 0.05) is 12.1 Å². The van der Waals surface area contributed by atoms with Gasteiger partial charge in [-0.15, -0.1) is 0 Å². The maximum Gasteiger partial charge on any atom is 0.359 e. The molecule has 2 aromatic carbocycles. The SMILES string of the molecule is COC1=C(C(=O)OCc2ccc([N+](=O)[O-])cc2)N2C(=O)C(NC(=O)COc3ccccc3)[C@@H]2[S@+]([O-])C1. The Hall–Kier alpha value is -4.10. The number of ether oxygens (including phenoxy) is 3. The summed E-state index contributed by atoms with van der Waals surface area (Å²) in [5.74, 6) is -1.78. The van der Waals surface area contributed by atoms with E-state index in [1.165, 1.54) is 31.4 Å². The van der Waals surface area contributed by atoms with Gasteiger partial charge in [-0.05, 0) is 41.0 Å². The van der Waals surface area contributed by atoms with Crippen molar-refractivity contribution in [2.75, 3.05) is 19.5 Å². The van der Waals surface area contributed by atoms with Crippen LogP contribution in [0.5, 0.6) is 5.75 Å². The molecule has 0 bridgehead atoms. The summed E-state index contributed by atoms with van der Waals surface area (Å²) in [5, 5.41) is 12.3. The number of β-lactam (4-membered cyclic amide) rings is 1. The summed E-state index contributed by atoms with van der Waals surface area (Å²) in [6.07, 6.45) is 0. The number of carbonyl (C=O) groups excluding carboxylic acids is 3. The smallest absolute Gasteiger partial charge is 0.359 e. The Labute approximate surface area is 208 Å². The predicted octanol–water partition coefficient (Wildman–Crippen LogP) is 0.990. The predicted molar refractivity (Wildman–Crippen MR) is 124 cm³/mol. The van der Waals surface area contributed by atoms with Crippen LogP contribution in [-0.2, 0) is 41.6 Å². The minimum Gasteiger partial charge on any atom is -0.614 e. The fourth-order valence-corrected chi connectivity index (χ4v) is 5.32. The van der Waals surface area contributed by atoms with E-state index in [0.29, 0.717) is 11.3 Å². The largest absolute Gasteiger partial charge is 0.614 e. The normalized spacial score (nSPS) is 20.7. The van der Waals surface area contributed by atoms with E-state index in [4.69, 9.17) is 14.2 Å². The monoisotopic (exact) mass is 515 g/mol. The highest BCUT2D eigenvalue weighted by Gasteiger charge is 2.61. The van der Waals surface area contributed by atoms with Crippen LogP contribution < -0.4 is 10.1 Å². The molecule has 0 radical (unpaired) electrons. The highest BCUT2D eigenvalue weighted by molar-refractivity contribution is 7.92. The molecule has 13 heteroatoms. The maximum absolute atomic E-state index is 12.9. The average molecular weight is 516 g/mol. The first kappa shape index (κ1) is 25.0. The van der Waals surface area contributed by atoms with Crippen molar-refractivity contribution in [2.24, 2.45) is 0 Å². The van der Waals surface area contributed by atoms with Crippen LogP contribution >= 0.6 is 0 Å². The van der Waals surface area contributed by atoms with E-state index in [1.807, 2.05) is 0 Å². The molecule has 0 aromatic heterocycles. The highest BCUT2D eigenvalue weighted by atomic mass is 32.2. The minimum absolute atomic E-state index is 0.0174. The van der Waals surface area contributed by atoms with Crippen LogP contribution in [0.25, 0.3) is 0 Å². The second kappa shape index (κ2) is 10.7. The van der Waals surface area contributed by atoms with Crippen molar-refractivity contribution in [2.45, 2.75) is 18.0 Å². The number of methoxy groups -OCH3 is 1. The molecule has 4 rings (SSSR count). The summed E-state index contributed by atoms with van der Waals surface area (Å²) in [6.45, 7) is -0.569. The lowest BCUT2D eigenvalue weighted by atomic mass is 10.0. The third-order valence-corrected chi connectivity index (χ3v) is 7.05. The Kier molecular flexibility index (Phi) is 7.41. The molecule has 0 spiro atoms. The zero-order valence-electron chi connectivity index (χ0n) is 18.9. The molecule has 3 atom stereocenters. The van der Waals surface area contributed by atoms with E-state index in [9.17, 15) is 29.1 Å². The molecule has 2 heterocycles. The Morgan fingerprint density at radius 1 is 1.17 bits per heavy atom. The molecule has 36 heavy (non-hydrogen) atoms. The highest BCUT2D eigenvalue weighted by Crippen LogP contribution is 2.37. The van der Waals surface area contributed by atoms with Gasteiger partial charge in [0.2, 0.25) is 5.37 Å². The lowest BCUT2D eigenvalue weighted by Gasteiger charge is -2.48. The summed E-state index contributed by atoms with van der Waals surface area (Å²) in [7, 11) is 1.28. The number of benzene rings is 2. The lowest BCUT2D eigenvalue weighted by molar-refractivity contribution is -0.384. The van der Waals surface area contributed by atoms with Gasteiger partial charge in [0.25, 0.3) is 17.5 Å². The van der Waals surface area contributed by atoms with Crippen molar-refractivity contribution in [1.82, 2.24) is 10.2 Å². The lowest BCUT2D eigenvalue weighted by Crippen LogP contribution is -2.75. The van der Waals surface area contributed by atoms with Crippen molar-refractivity contribution in [1.29, 1.82) is 0 Å². The number of nitro groups is 1. The molecule has 1 unspecified atom stereocenters. The van der Waals surface area contributed by atoms with Crippen molar-refractivity contribution < 1.29 is 38.1 Å². The molecule has 12 nitrogen and oxygen atoms in total. The molecule has 2 aliphatic heterocycles. The van der Waals surface area contributed by atoms with Crippen LogP contribution in [0.2, 0.25) is 0 Å². The summed E-state index contributed by atoms with van der Waals surface area (Å²) in [4.78, 5) is 49.3. The summed E-state index contributed by atoms with van der Waals surface area (Å²) in [5.41, 5.74) is 0.184. The quantitative estimate of drug-likeness (QED) is 0.169. The van der Waals surface area contributed by atoms with Gasteiger partial charge in [0.05, 0.1) is 12.0 Å². The van der Waals surface area contributed by atoms with Crippen LogP contribution in [0.4, 0.5) is 5.69 Å². The zero-order valence-corrected chi connectivity index (χ0v) is 19.8. The van der Waals surface area contributed by atoms with Crippen molar-refractivity contribution >= 4 is 34.6 Å². The fourth-order valence-electron chi connectivity index (χ4n) is 3.70. The van der Waals surface area contributed by atoms with Gasteiger partial charge >= 0.3 is 5.97 Å². The number of rotatable bonds is 9. The van der Waals surface area contributed by atoms with Crippen LogP contribution in [0, 0.1) is 10.1 Å². The van der Waals surface area contributed by atoms with Gasteiger partial charge in [0.15, 0.2) is 29.9 Å². The average Bonchev–Trinajstić information content (AvgIpc) is 2.89. The number of non-ortho nitro benzene ring substituents is 1. The van der Waals surface area contributed by atoms with E-state index in [1.54, 1.807) is 30.3 Å². The molecule has 1 fully saturated rings. The minimum atomic E-state index is -1.65. The number of nitrogens with one attached hydrogen (secondary N) is 1. The van der Waals surface area contributed by atoms with E-state index >= 15 is 0 Å². The Morgan fingerprint density at radius 2 is 1.86 bits per heavy atom. The third-order valence-electron chi connectivity index (χ3n) is 5.48. The van der Waals surface area contributed by atoms with Crippen LogP contribution in [-0.4, -0.2) is 63.0 Å². The van der Waals surface area contributed by atoms with Crippen LogP contribution in [0.1, 0.15) is 5.56 Å². The number of carbonyl (C=O) groups is 3. The molecule has 2 amide bonds. The number of nitrogens with zero attached hydrogens (tertiary/aromatic N) is 2. The molecule has 188 valence electrons. The summed E-state index contributed by atoms with van der Waals surface area (Å²) in [6, 6.07) is 12.9. The van der Waals surface area contributed by atoms with Crippen molar-refractivity contribution in [3.63, 3.8) is 0 Å². The molecular weight excluding hydrogens is 494 g/mol. The fraction of sp³-hybridized carbons (Fsp3) is 0.261. The second-order valence-corrected chi connectivity index (χ2v) is 9.28. The van der Waals surface area contributed by atoms with E-state index in [0.717, 1.165) is 4.90 Å². The summed E-state index contributed by atoms with van der Waals surface area (Å²) >= 11 is -1.65. The van der Waals surface area contributed by atoms with Gasteiger partial charge in [-0.1, -0.05) is 18.2 Å². The zero-order chi connectivity index (χ0) is 25.8. The number of hydrogen-bond acceptors (Lipinski definition) is 9. The van der Waals surface area contributed by atoms with E-state index < -0.39 is 45.3 Å². The van der Waals surface area contributed by atoms with Gasteiger partial charge < -0.3 is 24.1 Å². The second-order valence-electron chi connectivity index (χ2n) is 7.75. The van der Waals surface area contributed by atoms with E-state index in [-0.39, 0.29) is 36.1 Å². The maximum atomic E-state index is 12.9. The van der Waals surface area contributed by atoms with Crippen molar-refractivity contribution in [3.8, 4) is 5.75 Å². The molecular formula is C23H21N3O9S. The first-order valence-corrected chi connectivity index (χ1v) is 12.0. The number of nitro benzene ring substituents is 1. The van der Waals surface area contributed by atoms with Crippen molar-refractivity contribution in [3.05, 3.63) is 81.7 Å². The van der Waals surface area contributed by atoms with Gasteiger partial charge in [-0.2, -0.15) is 0 Å². The molecule has 2 aliphatic rings. The molecule has 0 aliphatic carbocycles. The number of hydrogen-bond donors (Lipinski definition) is 1.